The lowest BCUT2D eigenvalue weighted by molar-refractivity contribution is 0.102. The second-order valence-electron chi connectivity index (χ2n) is 6.22. The Morgan fingerprint density at radius 1 is 1.13 bits per heavy atom. The molecule has 152 valence electrons. The number of ether oxygens (including phenoxy) is 2. The molecule has 2 aromatic carbocycles. The second kappa shape index (κ2) is 8.56. The number of hydrogen-bond donors (Lipinski definition) is 1. The van der Waals surface area contributed by atoms with Crippen LogP contribution in [-0.4, -0.2) is 34.9 Å². The molecule has 30 heavy (non-hydrogen) atoms. The number of nitrogens with zero attached hydrogens (tertiary/aromatic N) is 3. The molecule has 2 aromatic heterocycles. The number of aromatic nitrogens is 3. The number of nitrogens with one attached hydrogen (secondary N) is 1. The van der Waals surface area contributed by atoms with Crippen LogP contribution in [0.4, 0.5) is 5.13 Å². The first-order valence-corrected chi connectivity index (χ1v) is 10.1. The Bertz CT molecular complexity index is 1200. The molecular formula is C21H17ClN4O3S. The van der Waals surface area contributed by atoms with Gasteiger partial charge in [0.15, 0.2) is 16.6 Å². The molecule has 0 aliphatic rings. The Morgan fingerprint density at radius 3 is 2.73 bits per heavy atom. The zero-order valence-corrected chi connectivity index (χ0v) is 17.7. The van der Waals surface area contributed by atoms with Crippen LogP contribution >= 0.6 is 22.9 Å². The number of hydrogen-bond acceptors (Lipinski definition) is 6. The molecule has 7 nitrogen and oxygen atoms in total. The van der Waals surface area contributed by atoms with Gasteiger partial charge in [-0.25, -0.2) is 9.67 Å². The molecule has 2 heterocycles. The highest BCUT2D eigenvalue weighted by Gasteiger charge is 2.14. The molecule has 0 fully saturated rings. The summed E-state index contributed by atoms with van der Waals surface area (Å²) in [6, 6.07) is 12.8. The maximum Gasteiger partial charge on any atom is 0.260 e. The minimum atomic E-state index is -0.295. The Morgan fingerprint density at radius 2 is 1.97 bits per heavy atom. The third-order valence-electron chi connectivity index (χ3n) is 4.32. The molecule has 0 aliphatic heterocycles. The van der Waals surface area contributed by atoms with Crippen molar-refractivity contribution in [2.45, 2.75) is 0 Å². The van der Waals surface area contributed by atoms with Crippen LogP contribution in [0, 0.1) is 0 Å². The van der Waals surface area contributed by atoms with Crippen molar-refractivity contribution in [2.75, 3.05) is 19.5 Å². The predicted molar refractivity (Wildman–Crippen MR) is 117 cm³/mol. The predicted octanol–water partition coefficient (Wildman–Crippen LogP) is 4.92. The van der Waals surface area contributed by atoms with Crippen molar-refractivity contribution in [2.24, 2.45) is 0 Å². The van der Waals surface area contributed by atoms with Gasteiger partial charge < -0.3 is 9.47 Å². The molecule has 0 bridgehead atoms. The lowest BCUT2D eigenvalue weighted by atomic mass is 10.1. The minimum absolute atomic E-state index is 0.295. The zero-order valence-electron chi connectivity index (χ0n) is 16.1. The summed E-state index contributed by atoms with van der Waals surface area (Å²) in [6.07, 6.45) is 3.14. The number of rotatable bonds is 6. The van der Waals surface area contributed by atoms with Gasteiger partial charge in [0.25, 0.3) is 5.91 Å². The van der Waals surface area contributed by atoms with Crippen LogP contribution < -0.4 is 14.8 Å². The van der Waals surface area contributed by atoms with Crippen molar-refractivity contribution >= 4 is 34.0 Å². The number of carbonyl (C=O) groups is 1. The van der Waals surface area contributed by atoms with Crippen LogP contribution in [0.15, 0.2) is 60.2 Å². The fourth-order valence-corrected chi connectivity index (χ4v) is 3.73. The van der Waals surface area contributed by atoms with Crippen LogP contribution in [0.3, 0.4) is 0 Å². The molecule has 0 radical (unpaired) electrons. The van der Waals surface area contributed by atoms with Gasteiger partial charge in [0.05, 0.1) is 37.4 Å². The minimum Gasteiger partial charge on any atom is -0.493 e. The van der Waals surface area contributed by atoms with Crippen molar-refractivity contribution in [1.29, 1.82) is 0 Å². The highest BCUT2D eigenvalue weighted by atomic mass is 35.5. The highest BCUT2D eigenvalue weighted by Crippen LogP contribution is 2.33. The Balaban J connectivity index is 1.50. The molecule has 0 atom stereocenters. The molecular weight excluding hydrogens is 424 g/mol. The van der Waals surface area contributed by atoms with Crippen LogP contribution in [0.1, 0.15) is 10.4 Å². The first kappa shape index (κ1) is 19.9. The largest absolute Gasteiger partial charge is 0.493 e. The van der Waals surface area contributed by atoms with Gasteiger partial charge in [-0.05, 0) is 36.4 Å². The standard InChI is InChI=1S/C21H17ClN4O3S/c1-28-18-7-6-13(8-19(18)29-2)17-12-30-21(24-17)25-20(27)14-10-23-26(11-14)16-5-3-4-15(22)9-16/h3-12H,1-2H3,(H,24,25,27). The van der Waals surface area contributed by atoms with Crippen LogP contribution in [0.25, 0.3) is 16.9 Å². The van der Waals surface area contributed by atoms with E-state index in [2.05, 4.69) is 15.4 Å². The van der Waals surface area contributed by atoms with Gasteiger partial charge >= 0.3 is 0 Å². The number of methoxy groups -OCH3 is 2. The zero-order chi connectivity index (χ0) is 21.1. The summed E-state index contributed by atoms with van der Waals surface area (Å²) in [7, 11) is 3.17. The Labute approximate surface area is 181 Å². The number of carbonyl (C=O) groups excluding carboxylic acids is 1. The fourth-order valence-electron chi connectivity index (χ4n) is 2.83. The topological polar surface area (TPSA) is 78.3 Å². The number of amides is 1. The summed E-state index contributed by atoms with van der Waals surface area (Å²) in [5.74, 6) is 0.959. The third-order valence-corrected chi connectivity index (χ3v) is 5.31. The average molecular weight is 441 g/mol. The molecule has 0 aliphatic carbocycles. The summed E-state index contributed by atoms with van der Waals surface area (Å²) >= 11 is 7.35. The van der Waals surface area contributed by atoms with Gasteiger partial charge in [-0.15, -0.1) is 11.3 Å². The van der Waals surface area contributed by atoms with Gasteiger partial charge in [-0.2, -0.15) is 5.10 Å². The van der Waals surface area contributed by atoms with E-state index in [1.807, 2.05) is 35.7 Å². The van der Waals surface area contributed by atoms with E-state index in [-0.39, 0.29) is 5.91 Å². The third kappa shape index (κ3) is 4.14. The van der Waals surface area contributed by atoms with E-state index in [1.54, 1.807) is 37.2 Å². The number of halogens is 1. The van der Waals surface area contributed by atoms with Crippen molar-refractivity contribution in [3.8, 4) is 28.4 Å². The number of benzene rings is 2. The first-order chi connectivity index (χ1) is 14.6. The maximum atomic E-state index is 12.6. The van der Waals surface area contributed by atoms with Crippen LogP contribution in [0.2, 0.25) is 5.02 Å². The van der Waals surface area contributed by atoms with E-state index in [0.29, 0.717) is 27.2 Å². The molecule has 0 saturated heterocycles. The maximum absolute atomic E-state index is 12.6. The Hall–Kier alpha value is -3.36. The monoisotopic (exact) mass is 440 g/mol. The van der Waals surface area contributed by atoms with Gasteiger partial charge in [0.1, 0.15) is 0 Å². The van der Waals surface area contributed by atoms with Gasteiger partial charge in [-0.1, -0.05) is 17.7 Å². The highest BCUT2D eigenvalue weighted by molar-refractivity contribution is 7.14. The SMILES string of the molecule is COc1ccc(-c2csc(NC(=O)c3cnn(-c4cccc(Cl)c4)c3)n2)cc1OC. The van der Waals surface area contributed by atoms with Crippen LogP contribution in [-0.2, 0) is 0 Å². The van der Waals surface area contributed by atoms with Crippen molar-refractivity contribution < 1.29 is 14.3 Å². The molecule has 0 saturated carbocycles. The van der Waals surface area contributed by atoms with Crippen LogP contribution in [0.5, 0.6) is 11.5 Å². The van der Waals surface area contributed by atoms with E-state index in [4.69, 9.17) is 21.1 Å². The van der Waals surface area contributed by atoms with Gasteiger partial charge in [0.2, 0.25) is 0 Å². The summed E-state index contributed by atoms with van der Waals surface area (Å²) in [4.78, 5) is 17.1. The molecule has 1 amide bonds. The smallest absolute Gasteiger partial charge is 0.260 e. The molecule has 4 rings (SSSR count). The first-order valence-electron chi connectivity index (χ1n) is 8.87. The number of anilines is 1. The summed E-state index contributed by atoms with van der Waals surface area (Å²) in [5, 5.41) is 9.99. The van der Waals surface area contributed by atoms with E-state index >= 15 is 0 Å². The molecule has 4 aromatic rings. The van der Waals surface area contributed by atoms with E-state index in [0.717, 1.165) is 16.9 Å². The Kier molecular flexibility index (Phi) is 5.69. The molecule has 1 N–H and O–H groups in total. The lowest BCUT2D eigenvalue weighted by Crippen LogP contribution is -2.10. The van der Waals surface area contributed by atoms with Crippen molar-refractivity contribution in [1.82, 2.24) is 14.8 Å². The van der Waals surface area contributed by atoms with E-state index in [9.17, 15) is 4.79 Å². The average Bonchev–Trinajstić information content (AvgIpc) is 3.43. The lowest BCUT2D eigenvalue weighted by Gasteiger charge is -2.08. The summed E-state index contributed by atoms with van der Waals surface area (Å²) < 4.78 is 12.2. The fraction of sp³-hybridized carbons (Fsp3) is 0.0952. The van der Waals surface area contributed by atoms with Gasteiger partial charge in [-0.3, -0.25) is 10.1 Å². The normalized spacial score (nSPS) is 10.6. The second-order valence-corrected chi connectivity index (χ2v) is 7.51. The molecule has 0 spiro atoms. The van der Waals surface area contributed by atoms with Gasteiger partial charge in [0, 0.05) is 22.2 Å². The van der Waals surface area contributed by atoms with Crippen molar-refractivity contribution in [3.63, 3.8) is 0 Å². The quantitative estimate of drug-likeness (QED) is 0.460. The molecule has 9 heteroatoms. The molecule has 0 unspecified atom stereocenters. The number of thiazole rings is 1. The summed E-state index contributed by atoms with van der Waals surface area (Å²) in [6.45, 7) is 0. The summed E-state index contributed by atoms with van der Waals surface area (Å²) in [5.41, 5.74) is 2.77. The van der Waals surface area contributed by atoms with E-state index < -0.39 is 0 Å². The van der Waals surface area contributed by atoms with Crippen molar-refractivity contribution in [3.05, 3.63) is 70.8 Å². The van der Waals surface area contributed by atoms with E-state index in [1.165, 1.54) is 17.5 Å².